The van der Waals surface area contributed by atoms with Crippen LogP contribution in [0.3, 0.4) is 0 Å². The number of aliphatic hydroxyl groups excluding tert-OH is 1. The predicted molar refractivity (Wildman–Crippen MR) is 153 cm³/mol. The first-order chi connectivity index (χ1) is 20.0. The van der Waals surface area contributed by atoms with Crippen LogP contribution in [-0.2, 0) is 9.84 Å². The van der Waals surface area contributed by atoms with Crippen LogP contribution in [0.5, 0.6) is 0 Å². The number of pyridine rings is 1. The molecule has 1 aromatic carbocycles. The van der Waals surface area contributed by atoms with E-state index < -0.39 is 55.3 Å². The first-order valence-corrected chi connectivity index (χ1v) is 16.0. The van der Waals surface area contributed by atoms with Crippen molar-refractivity contribution in [1.82, 2.24) is 19.9 Å². The van der Waals surface area contributed by atoms with Gasteiger partial charge in [0.1, 0.15) is 44.9 Å². The van der Waals surface area contributed by atoms with Crippen molar-refractivity contribution < 1.29 is 27.4 Å². The third kappa shape index (κ3) is 4.43. The molecule has 42 heavy (non-hydrogen) atoms. The van der Waals surface area contributed by atoms with Crippen molar-refractivity contribution in [3.05, 3.63) is 53.5 Å². The highest BCUT2D eigenvalue weighted by atomic mass is 32.2. The van der Waals surface area contributed by atoms with Crippen LogP contribution in [0.4, 0.5) is 20.5 Å². The number of aliphatic hydroxyl groups is 2. The Labute approximate surface area is 244 Å². The minimum absolute atomic E-state index is 0.0928. The summed E-state index contributed by atoms with van der Waals surface area (Å²) < 4.78 is 55.0. The molecule has 4 aromatic rings. The molecule has 4 N–H and O–H groups in total. The fourth-order valence-electron chi connectivity index (χ4n) is 6.13. The van der Waals surface area contributed by atoms with E-state index in [-0.39, 0.29) is 6.42 Å². The van der Waals surface area contributed by atoms with Crippen LogP contribution in [0.1, 0.15) is 30.7 Å². The minimum atomic E-state index is -4.32. The number of aryl methyl sites for hydroxylation is 2. The van der Waals surface area contributed by atoms with Crippen LogP contribution < -0.4 is 10.6 Å². The van der Waals surface area contributed by atoms with E-state index in [0.717, 1.165) is 47.4 Å². The molecule has 5 atom stereocenters. The van der Waals surface area contributed by atoms with Gasteiger partial charge >= 0.3 is 0 Å². The lowest BCUT2D eigenvalue weighted by Crippen LogP contribution is -2.43. The molecule has 1 unspecified atom stereocenters. The highest BCUT2D eigenvalue weighted by Gasteiger charge is 2.78. The van der Waals surface area contributed by atoms with Crippen LogP contribution in [0, 0.1) is 37.3 Å². The second-order valence-electron chi connectivity index (χ2n) is 11.4. The molecule has 3 aromatic heterocycles. The van der Waals surface area contributed by atoms with E-state index in [2.05, 4.69) is 20.6 Å². The Morgan fingerprint density at radius 1 is 1.10 bits per heavy atom. The molecule has 10 nitrogen and oxygen atoms in total. The number of nitrogens with one attached hydrogen (secondary N) is 2. The highest BCUT2D eigenvalue weighted by molar-refractivity contribution is 7.92. The molecule has 3 aliphatic carbocycles. The molecule has 0 radical (unpaired) electrons. The molecule has 0 bridgehead atoms. The van der Waals surface area contributed by atoms with E-state index in [1.807, 2.05) is 19.9 Å². The summed E-state index contributed by atoms with van der Waals surface area (Å²) in [6.07, 6.45) is 2.62. The van der Waals surface area contributed by atoms with Crippen LogP contribution in [-0.4, -0.2) is 68.1 Å². The van der Waals surface area contributed by atoms with Crippen LogP contribution in [0.2, 0.25) is 0 Å². The number of rotatable bonds is 8. The second kappa shape index (κ2) is 9.59. The SMILES string of the molecule is Cc1nc(NCC2CC2)nc(N[C@@H]2C[C@@H]3C(S(=O)(=O)c4cc(F)cc(F)c4)[C@]3(O)[C@H]2O)c1-c1nc2c(C)nccc2s1. The maximum Gasteiger partial charge on any atom is 0.224 e. The van der Waals surface area contributed by atoms with E-state index >= 15 is 0 Å². The Morgan fingerprint density at radius 3 is 2.48 bits per heavy atom. The summed E-state index contributed by atoms with van der Waals surface area (Å²) in [4.78, 5) is 18.0. The Bertz CT molecular complexity index is 1830. The number of nitrogens with zero attached hydrogens (tertiary/aromatic N) is 4. The first-order valence-electron chi connectivity index (χ1n) is 13.7. The van der Waals surface area contributed by atoms with Gasteiger partial charge in [0.15, 0.2) is 9.84 Å². The molecule has 0 aliphatic heterocycles. The van der Waals surface area contributed by atoms with Crippen molar-refractivity contribution in [2.45, 2.75) is 61.0 Å². The van der Waals surface area contributed by atoms with Gasteiger partial charge in [0.05, 0.1) is 32.6 Å². The fraction of sp³-hybridized carbons (Fsp3) is 0.429. The van der Waals surface area contributed by atoms with Gasteiger partial charge in [-0.05, 0) is 57.2 Å². The monoisotopic (exact) mass is 614 g/mol. The third-order valence-electron chi connectivity index (χ3n) is 8.53. The molecule has 0 amide bonds. The van der Waals surface area contributed by atoms with Crippen LogP contribution >= 0.6 is 11.3 Å². The summed E-state index contributed by atoms with van der Waals surface area (Å²) in [5.74, 6) is -1.53. The topological polar surface area (TPSA) is 150 Å². The van der Waals surface area contributed by atoms with Gasteiger partial charge in [-0.3, -0.25) is 4.98 Å². The van der Waals surface area contributed by atoms with E-state index in [1.165, 1.54) is 11.3 Å². The lowest BCUT2D eigenvalue weighted by molar-refractivity contribution is 0.00552. The molecule has 220 valence electrons. The number of sulfone groups is 1. The Hall–Kier alpha value is -3.33. The smallest absolute Gasteiger partial charge is 0.224 e. The zero-order chi connectivity index (χ0) is 29.6. The summed E-state index contributed by atoms with van der Waals surface area (Å²) in [6.45, 7) is 4.46. The molecule has 7 rings (SSSR count). The lowest BCUT2D eigenvalue weighted by atomic mass is 10.1. The minimum Gasteiger partial charge on any atom is -0.388 e. The maximum absolute atomic E-state index is 13.8. The van der Waals surface area contributed by atoms with Crippen molar-refractivity contribution in [3.8, 4) is 10.6 Å². The molecule has 3 aliphatic rings. The van der Waals surface area contributed by atoms with Crippen LogP contribution in [0.15, 0.2) is 35.4 Å². The van der Waals surface area contributed by atoms with E-state index in [0.29, 0.717) is 40.0 Å². The maximum atomic E-state index is 13.8. The van der Waals surface area contributed by atoms with Crippen molar-refractivity contribution in [1.29, 1.82) is 0 Å². The van der Waals surface area contributed by atoms with E-state index in [9.17, 15) is 27.4 Å². The van der Waals surface area contributed by atoms with Gasteiger partial charge in [-0.2, -0.15) is 4.98 Å². The third-order valence-corrected chi connectivity index (χ3v) is 11.8. The number of anilines is 2. The average Bonchev–Trinajstić information content (AvgIpc) is 3.78. The van der Waals surface area contributed by atoms with E-state index in [4.69, 9.17) is 9.97 Å². The summed E-state index contributed by atoms with van der Waals surface area (Å²) in [6, 6.07) is 3.15. The number of thiazole rings is 1. The van der Waals surface area contributed by atoms with Crippen molar-refractivity contribution in [2.75, 3.05) is 17.2 Å². The first kappa shape index (κ1) is 27.5. The molecular formula is C28H28F2N6O4S2. The largest absolute Gasteiger partial charge is 0.388 e. The Morgan fingerprint density at radius 2 is 1.83 bits per heavy atom. The second-order valence-corrected chi connectivity index (χ2v) is 14.5. The molecule has 14 heteroatoms. The van der Waals surface area contributed by atoms with Crippen LogP contribution in [0.25, 0.3) is 20.8 Å². The average molecular weight is 615 g/mol. The zero-order valence-corrected chi connectivity index (χ0v) is 24.3. The summed E-state index contributed by atoms with van der Waals surface area (Å²) in [5.41, 5.74) is 0.849. The lowest BCUT2D eigenvalue weighted by Gasteiger charge is -2.26. The van der Waals surface area contributed by atoms with E-state index in [1.54, 1.807) is 6.20 Å². The Kier molecular flexibility index (Phi) is 6.28. The number of fused-ring (bicyclic) bond motifs is 2. The number of hydrogen-bond donors (Lipinski definition) is 4. The van der Waals surface area contributed by atoms with Gasteiger partial charge in [-0.25, -0.2) is 27.2 Å². The summed E-state index contributed by atoms with van der Waals surface area (Å²) in [5, 5.41) is 28.4. The fourth-order valence-corrected chi connectivity index (χ4v) is 9.58. The van der Waals surface area contributed by atoms with Gasteiger partial charge in [-0.1, -0.05) is 0 Å². The number of halogens is 2. The van der Waals surface area contributed by atoms with Crippen molar-refractivity contribution in [3.63, 3.8) is 0 Å². The predicted octanol–water partition coefficient (Wildman–Crippen LogP) is 3.61. The molecule has 3 heterocycles. The molecule has 3 saturated carbocycles. The van der Waals surface area contributed by atoms with Gasteiger partial charge < -0.3 is 20.8 Å². The number of aromatic nitrogens is 4. The number of benzene rings is 1. The van der Waals surface area contributed by atoms with Crippen molar-refractivity contribution >= 4 is 43.2 Å². The van der Waals surface area contributed by atoms with Gasteiger partial charge in [0, 0.05) is 24.7 Å². The zero-order valence-electron chi connectivity index (χ0n) is 22.7. The quantitative estimate of drug-likeness (QED) is 0.232. The normalized spacial score (nSPS) is 26.8. The summed E-state index contributed by atoms with van der Waals surface area (Å²) >= 11 is 1.45. The highest BCUT2D eigenvalue weighted by Crippen LogP contribution is 2.61. The van der Waals surface area contributed by atoms with Crippen molar-refractivity contribution in [2.24, 2.45) is 11.8 Å². The molecule has 0 saturated heterocycles. The number of hydrogen-bond acceptors (Lipinski definition) is 11. The van der Waals surface area contributed by atoms with Gasteiger partial charge in [0.2, 0.25) is 5.95 Å². The van der Waals surface area contributed by atoms with Gasteiger partial charge in [0.25, 0.3) is 0 Å². The summed E-state index contributed by atoms with van der Waals surface area (Å²) in [7, 11) is -4.32. The molecule has 3 fully saturated rings. The van der Waals surface area contributed by atoms with Gasteiger partial charge in [-0.15, -0.1) is 11.3 Å². The standard InChI is InChI=1S/C28H28F2N6O4S2/c1-12-21(26-35-22-13(2)31-6-5-20(22)41-26)25(36-27(33-12)32-11-14-3-4-14)34-19-10-18-24(28(18,38)23(19)37)42(39,40)17-8-15(29)7-16(30)9-17/h5-9,14,18-19,23-24,37-38H,3-4,10-11H2,1-2H3,(H2,32,33,34,36)/t18-,19-,23+,24?,28-/m1/s1. The molecule has 0 spiro atoms. The Balaban J connectivity index is 1.20. The molecular weight excluding hydrogens is 586 g/mol.